The number of anilines is 1. The molecule has 0 aliphatic rings. The first-order chi connectivity index (χ1) is 15.4. The van der Waals surface area contributed by atoms with Crippen LogP contribution in [0.3, 0.4) is 0 Å². The molecule has 32 heavy (non-hydrogen) atoms. The lowest BCUT2D eigenvalue weighted by Crippen LogP contribution is -2.30. The molecule has 0 radical (unpaired) electrons. The molecule has 3 aromatic rings. The number of para-hydroxylation sites is 1. The monoisotopic (exact) mass is 431 g/mol. The fourth-order valence-electron chi connectivity index (χ4n) is 3.71. The highest BCUT2D eigenvalue weighted by atomic mass is 16.4. The van der Waals surface area contributed by atoms with Gasteiger partial charge in [-0.15, -0.1) is 0 Å². The number of benzene rings is 3. The Morgan fingerprint density at radius 3 is 1.72 bits per heavy atom. The van der Waals surface area contributed by atoms with Crippen LogP contribution in [0.5, 0.6) is 0 Å². The Kier molecular flexibility index (Phi) is 7.75. The summed E-state index contributed by atoms with van der Waals surface area (Å²) in [5.74, 6) is -3.92. The van der Waals surface area contributed by atoms with Crippen LogP contribution in [0, 0.1) is 11.8 Å². The van der Waals surface area contributed by atoms with Crippen molar-refractivity contribution < 1.29 is 24.6 Å². The summed E-state index contributed by atoms with van der Waals surface area (Å²) in [6.45, 7) is 0. The molecule has 1 amide bonds. The van der Waals surface area contributed by atoms with E-state index in [2.05, 4.69) is 5.32 Å². The van der Waals surface area contributed by atoms with Crippen LogP contribution in [0.2, 0.25) is 0 Å². The first kappa shape index (κ1) is 22.7. The number of hydrogen-bond donors (Lipinski definition) is 3. The summed E-state index contributed by atoms with van der Waals surface area (Å²) in [4.78, 5) is 36.7. The lowest BCUT2D eigenvalue weighted by Gasteiger charge is -2.22. The molecule has 0 spiro atoms. The molecule has 0 fully saturated rings. The minimum atomic E-state index is -1.15. The van der Waals surface area contributed by atoms with Crippen molar-refractivity contribution in [2.75, 3.05) is 5.32 Å². The molecule has 6 nitrogen and oxygen atoms in total. The summed E-state index contributed by atoms with van der Waals surface area (Å²) in [6.07, 6.45) is 0.779. The third-order valence-corrected chi connectivity index (χ3v) is 5.35. The molecule has 3 N–H and O–H groups in total. The molecule has 0 saturated heterocycles. The molecule has 0 aliphatic carbocycles. The number of hydrogen-bond acceptors (Lipinski definition) is 3. The zero-order chi connectivity index (χ0) is 22.9. The fourth-order valence-corrected chi connectivity index (χ4v) is 3.71. The lowest BCUT2D eigenvalue weighted by atomic mass is 9.85. The van der Waals surface area contributed by atoms with E-state index < -0.39 is 29.7 Å². The van der Waals surface area contributed by atoms with Gasteiger partial charge in [0, 0.05) is 5.92 Å². The molecular formula is C26H25NO5. The smallest absolute Gasteiger partial charge is 0.337 e. The average molecular weight is 431 g/mol. The number of carboxylic acid groups (broad SMARTS) is 2. The third kappa shape index (κ3) is 6.28. The van der Waals surface area contributed by atoms with E-state index in [9.17, 15) is 24.6 Å². The van der Waals surface area contributed by atoms with Gasteiger partial charge in [0.15, 0.2) is 0 Å². The van der Waals surface area contributed by atoms with Crippen molar-refractivity contribution in [3.05, 3.63) is 102 Å². The zero-order valence-electron chi connectivity index (χ0n) is 17.5. The maximum absolute atomic E-state index is 13.2. The van der Waals surface area contributed by atoms with Gasteiger partial charge in [0.25, 0.3) is 0 Å². The molecule has 6 heteroatoms. The topological polar surface area (TPSA) is 104 Å². The van der Waals surface area contributed by atoms with Gasteiger partial charge in [0.05, 0.1) is 17.2 Å². The highest BCUT2D eigenvalue weighted by Crippen LogP contribution is 2.24. The summed E-state index contributed by atoms with van der Waals surface area (Å²) in [5, 5.41) is 21.9. The molecule has 0 saturated carbocycles. The minimum Gasteiger partial charge on any atom is -0.481 e. The maximum atomic E-state index is 13.2. The molecule has 0 heterocycles. The third-order valence-electron chi connectivity index (χ3n) is 5.35. The Morgan fingerprint density at radius 1 is 0.688 bits per heavy atom. The Hall–Kier alpha value is -3.93. The van der Waals surface area contributed by atoms with Crippen molar-refractivity contribution in [3.8, 4) is 0 Å². The molecule has 2 atom stereocenters. The van der Waals surface area contributed by atoms with Gasteiger partial charge in [0.2, 0.25) is 5.91 Å². The molecule has 1 unspecified atom stereocenters. The van der Waals surface area contributed by atoms with Gasteiger partial charge >= 0.3 is 11.9 Å². The van der Waals surface area contributed by atoms with Crippen molar-refractivity contribution in [3.63, 3.8) is 0 Å². The van der Waals surface area contributed by atoms with Crippen molar-refractivity contribution in [1.29, 1.82) is 0 Å². The lowest BCUT2D eigenvalue weighted by molar-refractivity contribution is -0.142. The second-order valence-electron chi connectivity index (χ2n) is 7.69. The van der Waals surface area contributed by atoms with Crippen LogP contribution in [-0.4, -0.2) is 28.1 Å². The molecule has 3 rings (SSSR count). The van der Waals surface area contributed by atoms with Crippen molar-refractivity contribution >= 4 is 23.5 Å². The molecule has 0 bridgehead atoms. The largest absolute Gasteiger partial charge is 0.481 e. The highest BCUT2D eigenvalue weighted by molar-refractivity contribution is 6.01. The van der Waals surface area contributed by atoms with Crippen LogP contribution < -0.4 is 5.32 Å². The SMILES string of the molecule is O=C(O)c1ccccc1NC(=O)C(Cc1ccccc1)C[C@H](Cc1ccccc1)C(=O)O. The second kappa shape index (κ2) is 10.9. The zero-order valence-corrected chi connectivity index (χ0v) is 17.5. The van der Waals surface area contributed by atoms with Gasteiger partial charge in [-0.2, -0.15) is 0 Å². The average Bonchev–Trinajstić information content (AvgIpc) is 2.79. The van der Waals surface area contributed by atoms with E-state index in [0.717, 1.165) is 11.1 Å². The van der Waals surface area contributed by atoms with E-state index in [4.69, 9.17) is 0 Å². The summed E-state index contributed by atoms with van der Waals surface area (Å²) in [6, 6.07) is 24.8. The van der Waals surface area contributed by atoms with Crippen molar-refractivity contribution in [2.24, 2.45) is 11.8 Å². The van der Waals surface area contributed by atoms with Gasteiger partial charge < -0.3 is 15.5 Å². The molecule has 164 valence electrons. The minimum absolute atomic E-state index is 0.0154. The van der Waals surface area contributed by atoms with Crippen LogP contribution in [-0.2, 0) is 22.4 Å². The van der Waals surface area contributed by atoms with Crippen molar-refractivity contribution in [1.82, 2.24) is 0 Å². The number of rotatable bonds is 10. The Balaban J connectivity index is 1.84. The van der Waals surface area contributed by atoms with E-state index in [1.54, 1.807) is 12.1 Å². The molecular weight excluding hydrogens is 406 g/mol. The number of carbonyl (C=O) groups excluding carboxylic acids is 1. The maximum Gasteiger partial charge on any atom is 0.337 e. The molecule has 3 aromatic carbocycles. The van der Waals surface area contributed by atoms with Gasteiger partial charge in [-0.3, -0.25) is 9.59 Å². The number of carboxylic acids is 2. The summed E-state index contributed by atoms with van der Waals surface area (Å²) < 4.78 is 0. The first-order valence-corrected chi connectivity index (χ1v) is 10.4. The van der Waals surface area contributed by atoms with Crippen LogP contribution >= 0.6 is 0 Å². The van der Waals surface area contributed by atoms with E-state index in [1.165, 1.54) is 12.1 Å². The van der Waals surface area contributed by atoms with Crippen LogP contribution in [0.1, 0.15) is 27.9 Å². The van der Waals surface area contributed by atoms with Crippen molar-refractivity contribution in [2.45, 2.75) is 19.3 Å². The van der Waals surface area contributed by atoms with Gasteiger partial charge in [-0.05, 0) is 42.5 Å². The normalized spacial score (nSPS) is 12.5. The number of aliphatic carboxylic acids is 1. The number of amides is 1. The van der Waals surface area contributed by atoms with Crippen LogP contribution in [0.25, 0.3) is 0 Å². The quantitative estimate of drug-likeness (QED) is 0.438. The summed E-state index contributed by atoms with van der Waals surface area (Å²) in [7, 11) is 0. The number of carbonyl (C=O) groups is 3. The first-order valence-electron chi connectivity index (χ1n) is 10.4. The predicted molar refractivity (Wildman–Crippen MR) is 122 cm³/mol. The Labute approximate surface area is 186 Å². The number of aromatic carboxylic acids is 1. The number of nitrogens with one attached hydrogen (secondary N) is 1. The fraction of sp³-hybridized carbons (Fsp3) is 0.192. The molecule has 0 aliphatic heterocycles. The van der Waals surface area contributed by atoms with E-state index in [1.807, 2.05) is 60.7 Å². The summed E-state index contributed by atoms with van der Waals surface area (Å²) in [5.41, 5.74) is 1.97. The van der Waals surface area contributed by atoms with E-state index in [0.29, 0.717) is 12.8 Å². The summed E-state index contributed by atoms with van der Waals surface area (Å²) >= 11 is 0. The van der Waals surface area contributed by atoms with E-state index >= 15 is 0 Å². The van der Waals surface area contributed by atoms with Crippen LogP contribution in [0.15, 0.2) is 84.9 Å². The molecule has 0 aromatic heterocycles. The van der Waals surface area contributed by atoms with Gasteiger partial charge in [0.1, 0.15) is 0 Å². The van der Waals surface area contributed by atoms with Gasteiger partial charge in [-0.25, -0.2) is 4.79 Å². The highest BCUT2D eigenvalue weighted by Gasteiger charge is 2.28. The second-order valence-corrected chi connectivity index (χ2v) is 7.69. The van der Waals surface area contributed by atoms with E-state index in [-0.39, 0.29) is 17.7 Å². The van der Waals surface area contributed by atoms with Gasteiger partial charge in [-0.1, -0.05) is 72.8 Å². The Morgan fingerprint density at radius 2 is 1.19 bits per heavy atom. The Bertz CT molecular complexity index is 1070. The van der Waals surface area contributed by atoms with Crippen LogP contribution in [0.4, 0.5) is 5.69 Å². The predicted octanol–water partition coefficient (Wildman–Crippen LogP) is 4.52. The standard InChI is InChI=1S/C26H25NO5/c28-24(27-23-14-8-7-13-22(23)26(31)32)20(15-18-9-3-1-4-10-18)17-21(25(29)30)16-19-11-5-2-6-12-19/h1-14,20-21H,15-17H2,(H,27,28)(H,29,30)(H,31,32)/t20?,21-/m0/s1.